The van der Waals surface area contributed by atoms with Crippen molar-refractivity contribution in [3.63, 3.8) is 0 Å². The Morgan fingerprint density at radius 2 is 0.539 bits per heavy atom. The lowest BCUT2D eigenvalue weighted by Crippen LogP contribution is -2.35. The highest BCUT2D eigenvalue weighted by atomic mass is 15.2. The molecule has 0 unspecified atom stereocenters. The minimum Gasteiger partial charge on any atom is -0.230 e. The molecule has 128 heavy (non-hydrogen) atoms. The second kappa shape index (κ2) is 36.9. The zero-order valence-electron chi connectivity index (χ0n) is 84.1. The fraction of sp³-hybridized carbons (Fsp3) is 0.367. The quantitative estimate of drug-likeness (QED) is 0.0973. The molecular weight excluding hydrogens is 1550 g/mol. The van der Waals surface area contributed by atoms with Crippen molar-refractivity contribution in [1.82, 2.24) is 18.3 Å². The van der Waals surface area contributed by atoms with Crippen molar-refractivity contribution in [3.8, 4) is 56.4 Å². The van der Waals surface area contributed by atoms with Gasteiger partial charge >= 0.3 is 0 Å². The van der Waals surface area contributed by atoms with E-state index in [1.165, 1.54) is 202 Å². The maximum atomic E-state index is 2.49. The van der Waals surface area contributed by atoms with Crippen molar-refractivity contribution < 1.29 is 18.3 Å². The summed E-state index contributed by atoms with van der Waals surface area (Å²) in [4.78, 5) is 0. The van der Waals surface area contributed by atoms with Crippen LogP contribution in [0.25, 0.3) is 101 Å². The van der Waals surface area contributed by atoms with Gasteiger partial charge in [0.25, 0.3) is 23.3 Å². The standard InChI is InChI=1S/C40H49N2.C35H47N2.C25H27N2.C20H25N2/c1-25(2)30-21-33(26(3)4)39(34(22-30)27(5)6)31-23-35(40(9,10)11)28(7)38(24-31)42-29(8)41(32-17-13-12-14-18-32)36-19-15-16-20-37(36)42;1-21(2)26-17-28(22(3)4)34(29(18-26)23(5)6)27-19-30(35(9,10)11)24(7)33(20-27)37-25(8)36(12)31-15-13-14-16-32(31)37;1-18-21(25(3,4)5)14-11-17-22(18)27-19(2)26(20-12-7-6-8-13-20)23-15-9-10-16-24(23)27;1-14-16(20(3,4)5)10-9-13-17(14)22-15(2)21(6)18-11-7-8-12-19(18)22/h12-27H,1-11H3;13-23H,1-12H3;6-17H,1-5H3;7-13H,1-6H3/q4*+1. The highest BCUT2D eigenvalue weighted by molar-refractivity contribution is 5.83. The van der Waals surface area contributed by atoms with E-state index in [-0.39, 0.29) is 21.7 Å². The van der Waals surface area contributed by atoms with Crippen LogP contribution in [0.5, 0.6) is 0 Å². The van der Waals surface area contributed by atoms with Crippen LogP contribution in [-0.4, -0.2) is 18.3 Å². The number of hydrogen-bond acceptors (Lipinski definition) is 0. The minimum atomic E-state index is -0.00499. The van der Waals surface area contributed by atoms with E-state index >= 15 is 0 Å². The molecule has 4 heterocycles. The topological polar surface area (TPSA) is 35.2 Å². The normalized spacial score (nSPS) is 12.2. The highest BCUT2D eigenvalue weighted by Gasteiger charge is 2.35. The molecule has 0 aliphatic carbocycles. The van der Waals surface area contributed by atoms with Gasteiger partial charge in [-0.05, 0) is 271 Å². The van der Waals surface area contributed by atoms with Crippen LogP contribution in [-0.2, 0) is 35.8 Å². The highest BCUT2D eigenvalue weighted by Crippen LogP contribution is 2.46. The van der Waals surface area contributed by atoms with Gasteiger partial charge in [0.05, 0.1) is 14.1 Å². The lowest BCUT2D eigenvalue weighted by molar-refractivity contribution is -0.652. The molecule has 8 heteroatoms. The van der Waals surface area contributed by atoms with Crippen LogP contribution in [0.15, 0.2) is 243 Å². The third kappa shape index (κ3) is 18.2. The predicted octanol–water partition coefficient (Wildman–Crippen LogP) is 30.5. The Kier molecular flexibility index (Phi) is 27.2. The first-order valence-electron chi connectivity index (χ1n) is 47.2. The lowest BCUT2D eigenvalue weighted by Gasteiger charge is -2.27. The smallest absolute Gasteiger partial charge is 0.230 e. The van der Waals surface area contributed by atoms with E-state index in [9.17, 15) is 0 Å². The summed E-state index contributed by atoms with van der Waals surface area (Å²) < 4.78 is 19.0. The van der Waals surface area contributed by atoms with Gasteiger partial charge in [0, 0.05) is 38.8 Å². The van der Waals surface area contributed by atoms with Gasteiger partial charge in [0.1, 0.15) is 34.1 Å². The van der Waals surface area contributed by atoms with E-state index in [2.05, 4.69) is 515 Å². The molecule has 0 aliphatic heterocycles. The summed E-state index contributed by atoms with van der Waals surface area (Å²) in [5, 5.41) is 0. The first-order chi connectivity index (χ1) is 60.3. The van der Waals surface area contributed by atoms with Gasteiger partial charge in [-0.25, -0.2) is 9.13 Å². The summed E-state index contributed by atoms with van der Waals surface area (Å²) in [6.45, 7) is 73.8. The number of nitrogens with zero attached hydrogens (tertiary/aromatic N) is 8. The van der Waals surface area contributed by atoms with Crippen LogP contribution in [0.2, 0.25) is 0 Å². The van der Waals surface area contributed by atoms with E-state index in [1.54, 1.807) is 0 Å². The molecule has 0 atom stereocenters. The van der Waals surface area contributed by atoms with E-state index in [1.807, 2.05) is 0 Å². The minimum absolute atomic E-state index is 0.00499. The van der Waals surface area contributed by atoms with Crippen molar-refractivity contribution in [1.29, 1.82) is 0 Å². The first kappa shape index (κ1) is 94.1. The fourth-order valence-corrected chi connectivity index (χ4v) is 20.1. The molecule has 0 bridgehead atoms. The lowest BCUT2D eigenvalue weighted by atomic mass is 9.78. The van der Waals surface area contributed by atoms with Gasteiger partial charge in [-0.15, -0.1) is 0 Å². The van der Waals surface area contributed by atoms with Gasteiger partial charge in [-0.3, -0.25) is 0 Å². The third-order valence-corrected chi connectivity index (χ3v) is 27.0. The Morgan fingerprint density at radius 3 is 0.906 bits per heavy atom. The number of hydrogen-bond donors (Lipinski definition) is 0. The summed E-state index contributed by atoms with van der Waals surface area (Å²) in [6.07, 6.45) is 0. The molecular formula is C120H148N8+4. The Balaban J connectivity index is 0.000000150. The number of aryl methyl sites for hydroxylation is 2. The second-order valence-electron chi connectivity index (χ2n) is 42.3. The number of aromatic nitrogens is 8. The summed E-state index contributed by atoms with van der Waals surface area (Å²) in [6, 6.07) is 89.3. The van der Waals surface area contributed by atoms with Crippen molar-refractivity contribution in [2.75, 3.05) is 0 Å². The summed E-state index contributed by atoms with van der Waals surface area (Å²) in [5.41, 5.74) is 42.9. The molecule has 12 aromatic carbocycles. The average molecular weight is 1700 g/mol. The molecule has 0 aliphatic rings. The molecule has 0 amide bonds. The van der Waals surface area contributed by atoms with Crippen LogP contribution in [0.4, 0.5) is 0 Å². The van der Waals surface area contributed by atoms with E-state index < -0.39 is 0 Å². The van der Waals surface area contributed by atoms with Gasteiger partial charge in [-0.1, -0.05) is 312 Å². The molecule has 0 saturated carbocycles. The zero-order valence-corrected chi connectivity index (χ0v) is 84.1. The average Bonchev–Trinajstić information content (AvgIpc) is 1.45. The summed E-state index contributed by atoms with van der Waals surface area (Å²) in [5.74, 6) is 7.64. The Bertz CT molecular complexity index is 6700. The monoisotopic (exact) mass is 1700 g/mol. The number of fused-ring (bicyclic) bond motifs is 4. The van der Waals surface area contributed by atoms with Crippen LogP contribution in [0, 0.1) is 55.4 Å². The second-order valence-corrected chi connectivity index (χ2v) is 42.3. The summed E-state index contributed by atoms with van der Waals surface area (Å²) >= 11 is 0. The molecule has 0 fully saturated rings. The molecule has 0 radical (unpaired) electrons. The van der Waals surface area contributed by atoms with E-state index in [0.29, 0.717) is 35.5 Å². The van der Waals surface area contributed by atoms with E-state index in [4.69, 9.17) is 0 Å². The van der Waals surface area contributed by atoms with Crippen molar-refractivity contribution in [2.45, 2.75) is 279 Å². The van der Waals surface area contributed by atoms with Crippen molar-refractivity contribution in [2.24, 2.45) is 14.1 Å². The SMILES string of the molecule is Cc1c(-[n+]2c(C)n(-c3ccccc3)c3ccccc32)cc(-c2c(C(C)C)cc(C(C)C)cc2C(C)C)cc1C(C)(C)C.Cc1c(-[n+]2c(C)n(-c3ccccc3)c3ccccc32)cccc1C(C)(C)C.Cc1c(-n2c(C)[n+](C)c3ccccc32)cc(-c2c(C(C)C)cc(C(C)C)cc2C(C)C)cc1C(C)(C)C.Cc1c(-n2c(C)[n+](C)c3ccccc32)cccc1C(C)(C)C. The van der Waals surface area contributed by atoms with E-state index in [0.717, 1.165) is 0 Å². The van der Waals surface area contributed by atoms with Crippen LogP contribution in [0.1, 0.15) is 303 Å². The molecule has 8 nitrogen and oxygen atoms in total. The molecule has 0 spiro atoms. The Morgan fingerprint density at radius 1 is 0.242 bits per heavy atom. The van der Waals surface area contributed by atoms with Crippen LogP contribution >= 0.6 is 0 Å². The van der Waals surface area contributed by atoms with Crippen molar-refractivity contribution in [3.05, 3.63) is 344 Å². The molecule has 0 N–H and O–H groups in total. The Hall–Kier alpha value is -11.5. The molecule has 664 valence electrons. The fourth-order valence-electron chi connectivity index (χ4n) is 20.1. The van der Waals surface area contributed by atoms with Gasteiger partial charge in [0.15, 0.2) is 44.1 Å². The number of benzene rings is 12. The Labute approximate surface area is 768 Å². The first-order valence-corrected chi connectivity index (χ1v) is 47.2. The maximum absolute atomic E-state index is 2.49. The molecule has 16 rings (SSSR count). The maximum Gasteiger partial charge on any atom is 0.264 e. The van der Waals surface area contributed by atoms with Gasteiger partial charge in [0.2, 0.25) is 0 Å². The number of rotatable bonds is 14. The number of para-hydroxylation sites is 10. The molecule has 16 aromatic rings. The third-order valence-electron chi connectivity index (χ3n) is 27.0. The number of imidazole rings is 4. The van der Waals surface area contributed by atoms with Crippen LogP contribution in [0.3, 0.4) is 0 Å². The zero-order chi connectivity index (χ0) is 93.2. The largest absolute Gasteiger partial charge is 0.264 e. The molecule has 0 saturated heterocycles. The van der Waals surface area contributed by atoms with Gasteiger partial charge < -0.3 is 0 Å². The predicted molar refractivity (Wildman–Crippen MR) is 547 cm³/mol. The van der Waals surface area contributed by atoms with Gasteiger partial charge in [-0.2, -0.15) is 27.4 Å². The molecule has 4 aromatic heterocycles. The van der Waals surface area contributed by atoms with Crippen molar-refractivity contribution >= 4 is 44.1 Å². The summed E-state index contributed by atoms with van der Waals surface area (Å²) in [7, 11) is 4.31. The van der Waals surface area contributed by atoms with Crippen LogP contribution < -0.4 is 18.3 Å².